The van der Waals surface area contributed by atoms with Crippen molar-refractivity contribution in [3.05, 3.63) is 143 Å². The molecular weight excluding hydrogens is 1350 g/mol. The summed E-state index contributed by atoms with van der Waals surface area (Å²) in [4.78, 5) is 8.10. The molecule has 0 bridgehead atoms. The van der Waals surface area contributed by atoms with E-state index in [1.165, 1.54) is 92.4 Å². The number of thiazole rings is 4. The first-order chi connectivity index (χ1) is 42.5. The van der Waals surface area contributed by atoms with E-state index < -0.39 is 30.4 Å². The maximum Gasteiger partial charge on any atom is 0.375 e. The smallest absolute Gasteiger partial charge is 0.315 e. The Morgan fingerprint density at radius 3 is 1.58 bits per heavy atom. The van der Waals surface area contributed by atoms with Gasteiger partial charge in [0.15, 0.2) is 0 Å². The van der Waals surface area contributed by atoms with E-state index in [2.05, 4.69) is 79.9 Å². The molecule has 11 rings (SSSR count). The van der Waals surface area contributed by atoms with Gasteiger partial charge in [0.25, 0.3) is 30.4 Å². The van der Waals surface area contributed by atoms with Crippen LogP contribution in [-0.2, 0) is 75.3 Å². The summed E-state index contributed by atoms with van der Waals surface area (Å²) in [5, 5.41) is 35.0. The van der Waals surface area contributed by atoms with Crippen LogP contribution in [0.5, 0.6) is 0 Å². The van der Waals surface area contributed by atoms with Gasteiger partial charge in [-0.15, -0.1) is 18.9 Å². The number of nitrogens with one attached hydrogen (secondary N) is 2. The quantitative estimate of drug-likeness (QED) is 0.0130. The fraction of sp³-hybridized carbons (Fsp3) is 0.255. The van der Waals surface area contributed by atoms with Gasteiger partial charge in [-0.3, -0.25) is 18.7 Å². The zero-order valence-electron chi connectivity index (χ0n) is 48.3. The highest BCUT2D eigenvalue weighted by molar-refractivity contribution is 8.14. The summed E-state index contributed by atoms with van der Waals surface area (Å²) in [7, 11) is -12.7. The Bertz CT molecular complexity index is 4660. The van der Waals surface area contributed by atoms with Crippen molar-refractivity contribution in [3.8, 4) is 0 Å². The number of aryl methyl sites for hydroxylation is 4. The summed E-state index contributed by atoms with van der Waals surface area (Å²) in [5.74, 6) is 0.234. The Kier molecular flexibility index (Phi) is 24.2. The van der Waals surface area contributed by atoms with Crippen LogP contribution in [0.25, 0.3) is 40.9 Å². The van der Waals surface area contributed by atoms with Crippen molar-refractivity contribution in [3.63, 3.8) is 0 Å². The summed E-state index contributed by atoms with van der Waals surface area (Å²) in [6, 6.07) is 37.3. The molecule has 4 aromatic heterocycles. The van der Waals surface area contributed by atoms with E-state index in [-0.39, 0.29) is 26.6 Å². The maximum absolute atomic E-state index is 11.5. The van der Waals surface area contributed by atoms with Crippen molar-refractivity contribution in [1.29, 1.82) is 0 Å². The predicted molar refractivity (Wildman–Crippen MR) is 350 cm³/mol. The van der Waals surface area contributed by atoms with E-state index in [4.69, 9.17) is 15.1 Å². The first-order valence-electron chi connectivity index (χ1n) is 26.9. The molecule has 7 N–H and O–H groups in total. The van der Waals surface area contributed by atoms with Crippen molar-refractivity contribution in [1.82, 2.24) is 9.13 Å². The van der Waals surface area contributed by atoms with Crippen LogP contribution in [0.2, 0.25) is 0 Å². The van der Waals surface area contributed by atoms with Crippen LogP contribution in [-0.4, -0.2) is 69.6 Å². The van der Waals surface area contributed by atoms with Gasteiger partial charge in [-0.05, 0) is 167 Å². The first kappa shape index (κ1) is 69.2. The van der Waals surface area contributed by atoms with E-state index in [9.17, 15) is 34.4 Å². The second kappa shape index (κ2) is 31.1. The van der Waals surface area contributed by atoms with E-state index >= 15 is 0 Å². The zero-order valence-corrected chi connectivity index (χ0v) is 56.5. The number of hydrogen-bond acceptors (Lipinski definition) is 24. The minimum absolute atomic E-state index is 0.0561. The van der Waals surface area contributed by atoms with Crippen molar-refractivity contribution >= 4 is 168 Å². The number of rotatable bonds is 19. The molecule has 0 fully saturated rings. The molecule has 1 aliphatic heterocycles. The average Bonchev–Trinajstić information content (AvgIpc) is 1.78. The number of benzene rings is 6. The number of anilines is 2. The van der Waals surface area contributed by atoms with Crippen LogP contribution in [0.1, 0.15) is 66.4 Å². The molecule has 1 unspecified atom stereocenters. The van der Waals surface area contributed by atoms with E-state index in [0.717, 1.165) is 105 Å². The number of hydrogen-bond donors (Lipinski definition) is 7. The van der Waals surface area contributed by atoms with Gasteiger partial charge in [-0.2, -0.15) is 25.3 Å². The molecule has 0 saturated carbocycles. The Balaban J connectivity index is 0.000000164. The van der Waals surface area contributed by atoms with Crippen LogP contribution >= 0.6 is 81.2 Å². The van der Waals surface area contributed by atoms with Gasteiger partial charge in [0, 0.05) is 39.7 Å². The summed E-state index contributed by atoms with van der Waals surface area (Å²) < 4.78 is 116. The fourth-order valence-corrected chi connectivity index (χ4v) is 17.5. The Hall–Kier alpha value is -5.71. The normalized spacial score (nSPS) is 14.3. The third-order valence-electron chi connectivity index (χ3n) is 13.0. The average molecular weight is 1410 g/mol. The molecule has 0 spiro atoms. The lowest BCUT2D eigenvalue weighted by Crippen LogP contribution is -2.38. The summed E-state index contributed by atoms with van der Waals surface area (Å²) >= 11 is 9.18. The van der Waals surface area contributed by atoms with Crippen LogP contribution in [0, 0.1) is 0 Å². The molecular formula is C55H61N9O15S10+2. The number of hydrazine groups is 1. The molecule has 34 heteroatoms. The largest absolute Gasteiger partial charge is 0.375 e. The lowest BCUT2D eigenvalue weighted by molar-refractivity contribution is -0.652. The molecule has 0 amide bonds. The molecule has 10 aromatic rings. The van der Waals surface area contributed by atoms with Gasteiger partial charge in [-0.1, -0.05) is 98.7 Å². The second-order valence-corrected chi connectivity index (χ2v) is 29.8. The van der Waals surface area contributed by atoms with Gasteiger partial charge < -0.3 is 9.13 Å². The van der Waals surface area contributed by atoms with Crippen molar-refractivity contribution in [2.24, 2.45) is 15.2 Å². The van der Waals surface area contributed by atoms with E-state index in [1.807, 2.05) is 104 Å². The Labute approximate surface area is 540 Å². The van der Waals surface area contributed by atoms with Crippen molar-refractivity contribution in [2.45, 2.75) is 122 Å². The molecule has 89 heavy (non-hydrogen) atoms. The molecule has 1 aliphatic rings. The Morgan fingerprint density at radius 2 is 1.04 bits per heavy atom. The summed E-state index contributed by atoms with van der Waals surface area (Å²) in [6.07, 6.45) is 0.927. The number of aliphatic imine (C=N–C) groups is 1. The van der Waals surface area contributed by atoms with E-state index in [1.54, 1.807) is 29.5 Å². The van der Waals surface area contributed by atoms with Gasteiger partial charge in [0.05, 0.1) is 86.7 Å². The highest BCUT2D eigenvalue weighted by atomic mass is 32.2. The summed E-state index contributed by atoms with van der Waals surface area (Å²) in [6.45, 7) is 17.1. The van der Waals surface area contributed by atoms with Gasteiger partial charge in [0.1, 0.15) is 11.0 Å². The SMILES string of the molecule is CCC1C(=NC(C)C)Sc2cc(S(=O)(=O)O)ccc21.CC[n+]1c(NNc2sc3cc(S(=O)(=O)O)ccc3[n+]2CC)sc2ccccc21.CCn1c(=NN=c2sc3cc(S(=O)(=O)O)ccc3n2CC)sc2cc(SOOO)ccc21.OOOSc1ccccc1. The number of fused-ring (bicyclic) bond motifs is 5. The number of aromatic nitrogens is 4. The highest BCUT2D eigenvalue weighted by Crippen LogP contribution is 2.44. The molecule has 0 radical (unpaired) electrons. The topological polar surface area (TPSA) is 319 Å². The third-order valence-corrected chi connectivity index (χ3v) is 22.1. The second-order valence-electron chi connectivity index (χ2n) is 18.9. The number of para-hydroxylation sites is 1. The zero-order chi connectivity index (χ0) is 64.2. The highest BCUT2D eigenvalue weighted by Gasteiger charge is 2.30. The summed E-state index contributed by atoms with van der Waals surface area (Å²) in [5.41, 5.74) is 11.6. The van der Waals surface area contributed by atoms with Crippen LogP contribution in [0.3, 0.4) is 0 Å². The third kappa shape index (κ3) is 17.3. The first-order valence-corrected chi connectivity index (χ1v) is 36.8. The standard InChI is InChI=1S/C18H18N4O6S4.C18H18N4O3S3.C13H17NO3S2.C6H6O3S/c1-3-21-13-7-5-11(31-28-27-23)9-15(13)29-17(21)19-20-18-22(4-2)14-8-6-12(32(24,25)26)10-16(14)30-18;1-3-21-13-7-5-6-8-15(13)26-17(21)19-20-18-22(4-2)14-10-9-12(28(23,24)25)11-16(14)27-18;1-4-10-11-6-5-9(19(15,16)17)7-12(11)18-13(10)14-8(2)3;7-8-9-10-6-4-2-1-3-5-6/h5-10,23H,3-4H2,1-2H3,(H,24,25,26);5-11H,3-4H2,1-2H3,(H,23,24,25);5-8,10H,4H2,1-3H3,(H,15,16,17);1-5,7H/p+2. The molecule has 0 aliphatic carbocycles. The Morgan fingerprint density at radius 1 is 0.562 bits per heavy atom. The lowest BCUT2D eigenvalue weighted by Gasteiger charge is -2.10. The minimum atomic E-state index is -4.28. The lowest BCUT2D eigenvalue weighted by atomic mass is 9.98. The number of thioether (sulfide) groups is 1. The molecule has 24 nitrogen and oxygen atoms in total. The number of nitrogens with zero attached hydrogens (tertiary/aromatic N) is 7. The van der Waals surface area contributed by atoms with Gasteiger partial charge in [-0.25, -0.2) is 19.6 Å². The van der Waals surface area contributed by atoms with Crippen molar-refractivity contribution < 1.29 is 77.3 Å². The molecule has 474 valence electrons. The molecule has 6 aromatic carbocycles. The predicted octanol–water partition coefficient (Wildman–Crippen LogP) is 12.7. The van der Waals surface area contributed by atoms with Crippen LogP contribution in [0.15, 0.2) is 172 Å². The molecule has 1 atom stereocenters. The van der Waals surface area contributed by atoms with Gasteiger partial charge in [0.2, 0.25) is 9.60 Å². The van der Waals surface area contributed by atoms with Crippen molar-refractivity contribution in [2.75, 3.05) is 10.9 Å². The molecule has 0 saturated heterocycles. The minimum Gasteiger partial charge on any atom is -0.315 e. The maximum atomic E-state index is 11.5. The van der Waals surface area contributed by atoms with Crippen LogP contribution in [0.4, 0.5) is 10.3 Å². The molecule has 5 heterocycles. The fourth-order valence-electron chi connectivity index (χ4n) is 9.07. The van der Waals surface area contributed by atoms with Crippen LogP contribution < -0.4 is 29.6 Å². The van der Waals surface area contributed by atoms with Gasteiger partial charge >= 0.3 is 10.3 Å². The van der Waals surface area contributed by atoms with E-state index in [0.29, 0.717) is 27.4 Å². The monoisotopic (exact) mass is 1410 g/mol.